The first-order valence-electron chi connectivity index (χ1n) is 7.44. The molecule has 0 aromatic heterocycles. The van der Waals surface area contributed by atoms with Crippen LogP contribution in [0.5, 0.6) is 5.75 Å². The summed E-state index contributed by atoms with van der Waals surface area (Å²) in [5, 5.41) is 17.1. The third-order valence-corrected chi connectivity index (χ3v) is 4.03. The Morgan fingerprint density at radius 2 is 1.92 bits per heavy atom. The van der Waals surface area contributed by atoms with Gasteiger partial charge in [0.2, 0.25) is 5.91 Å². The fourth-order valence-electron chi connectivity index (χ4n) is 2.20. The fourth-order valence-corrected chi connectivity index (χ4v) is 2.35. The molecule has 2 aromatic carbocycles. The lowest BCUT2D eigenvalue weighted by molar-refractivity contribution is -0.384. The zero-order chi connectivity index (χ0) is 18.6. The number of halogens is 1. The Bertz CT molecular complexity index is 824. The van der Waals surface area contributed by atoms with E-state index in [0.717, 1.165) is 11.1 Å². The molecule has 0 saturated carbocycles. The number of nitrogens with one attached hydrogen (secondary N) is 2. The minimum Gasteiger partial charge on any atom is -0.495 e. The lowest BCUT2D eigenvalue weighted by atomic mass is 10.2. The molecule has 2 N–H and O–H groups in total. The Morgan fingerprint density at radius 3 is 2.56 bits per heavy atom. The number of carbonyl (C=O) groups is 1. The number of aryl methyl sites for hydroxylation is 2. The standard InChI is InChI=1S/C17H18ClN3O4/c1-10-4-5-12(21(23)24)7-14(10)20-17(22)9-19-15-6-11(2)13(18)8-16(15)25-3/h4-8,19H,9H2,1-3H3,(H,20,22). The van der Waals surface area contributed by atoms with E-state index in [9.17, 15) is 14.9 Å². The van der Waals surface area contributed by atoms with Crippen molar-refractivity contribution in [3.63, 3.8) is 0 Å². The van der Waals surface area contributed by atoms with Crippen LogP contribution in [0.15, 0.2) is 30.3 Å². The number of non-ortho nitro benzene ring substituents is 1. The van der Waals surface area contributed by atoms with Gasteiger partial charge >= 0.3 is 0 Å². The van der Waals surface area contributed by atoms with Crippen LogP contribution in [0, 0.1) is 24.0 Å². The number of hydrogen-bond acceptors (Lipinski definition) is 5. The molecule has 0 bridgehead atoms. The second-order valence-electron chi connectivity index (χ2n) is 5.46. The van der Waals surface area contributed by atoms with Crippen molar-refractivity contribution in [2.75, 3.05) is 24.3 Å². The minimum atomic E-state index is -0.505. The van der Waals surface area contributed by atoms with Gasteiger partial charge in [-0.25, -0.2) is 0 Å². The molecule has 25 heavy (non-hydrogen) atoms. The Hall–Kier alpha value is -2.80. The van der Waals surface area contributed by atoms with E-state index in [4.69, 9.17) is 16.3 Å². The molecule has 0 saturated heterocycles. The van der Waals surface area contributed by atoms with Crippen LogP contribution in [-0.2, 0) is 4.79 Å². The Balaban J connectivity index is 2.08. The van der Waals surface area contributed by atoms with Gasteiger partial charge < -0.3 is 15.4 Å². The van der Waals surface area contributed by atoms with Crippen LogP contribution in [0.2, 0.25) is 5.02 Å². The maximum atomic E-state index is 12.2. The number of nitro benzene ring substituents is 1. The number of methoxy groups -OCH3 is 1. The first-order chi connectivity index (χ1) is 11.8. The number of nitrogens with zero attached hydrogens (tertiary/aromatic N) is 1. The maximum absolute atomic E-state index is 12.2. The lowest BCUT2D eigenvalue weighted by Crippen LogP contribution is -2.22. The molecule has 0 heterocycles. The van der Waals surface area contributed by atoms with E-state index in [-0.39, 0.29) is 18.1 Å². The van der Waals surface area contributed by atoms with E-state index < -0.39 is 4.92 Å². The second-order valence-corrected chi connectivity index (χ2v) is 5.87. The van der Waals surface area contributed by atoms with Crippen molar-refractivity contribution in [3.05, 3.63) is 56.6 Å². The predicted molar refractivity (Wildman–Crippen MR) is 97.7 cm³/mol. The highest BCUT2D eigenvalue weighted by atomic mass is 35.5. The first kappa shape index (κ1) is 18.5. The number of benzene rings is 2. The number of carbonyl (C=O) groups excluding carboxylic acids is 1. The van der Waals surface area contributed by atoms with Gasteiger partial charge in [-0.05, 0) is 31.0 Å². The third kappa shape index (κ3) is 4.60. The Kier molecular flexibility index (Phi) is 5.82. The molecule has 0 spiro atoms. The smallest absolute Gasteiger partial charge is 0.271 e. The molecule has 8 heteroatoms. The summed E-state index contributed by atoms with van der Waals surface area (Å²) in [6.07, 6.45) is 0. The zero-order valence-electron chi connectivity index (χ0n) is 14.1. The van der Waals surface area contributed by atoms with Crippen molar-refractivity contribution < 1.29 is 14.5 Å². The van der Waals surface area contributed by atoms with Crippen LogP contribution >= 0.6 is 11.6 Å². The normalized spacial score (nSPS) is 10.2. The highest BCUT2D eigenvalue weighted by Gasteiger charge is 2.12. The van der Waals surface area contributed by atoms with E-state index in [2.05, 4.69) is 10.6 Å². The van der Waals surface area contributed by atoms with Crippen molar-refractivity contribution in [1.82, 2.24) is 0 Å². The number of anilines is 2. The minimum absolute atomic E-state index is 0.0282. The van der Waals surface area contributed by atoms with Gasteiger partial charge in [-0.1, -0.05) is 17.7 Å². The van der Waals surface area contributed by atoms with Gasteiger partial charge in [0.15, 0.2) is 0 Å². The molecule has 7 nitrogen and oxygen atoms in total. The third-order valence-electron chi connectivity index (χ3n) is 3.63. The van der Waals surface area contributed by atoms with Crippen molar-refractivity contribution in [2.45, 2.75) is 13.8 Å². The number of rotatable bonds is 6. The molecule has 0 unspecified atom stereocenters. The highest BCUT2D eigenvalue weighted by molar-refractivity contribution is 6.31. The largest absolute Gasteiger partial charge is 0.495 e. The fraction of sp³-hybridized carbons (Fsp3) is 0.235. The van der Waals surface area contributed by atoms with Crippen molar-refractivity contribution in [3.8, 4) is 5.75 Å². The predicted octanol–water partition coefficient (Wildman–Crippen LogP) is 3.92. The summed E-state index contributed by atoms with van der Waals surface area (Å²) in [4.78, 5) is 22.5. The molecule has 1 amide bonds. The monoisotopic (exact) mass is 363 g/mol. The Labute approximate surface area is 150 Å². The van der Waals surface area contributed by atoms with Crippen molar-refractivity contribution in [1.29, 1.82) is 0 Å². The molecule has 2 aromatic rings. The van der Waals surface area contributed by atoms with Crippen LogP contribution in [0.1, 0.15) is 11.1 Å². The summed E-state index contributed by atoms with van der Waals surface area (Å²) in [6.45, 7) is 3.58. The molecule has 132 valence electrons. The molecular formula is C17H18ClN3O4. The summed E-state index contributed by atoms with van der Waals surface area (Å²) in [6, 6.07) is 7.77. The van der Waals surface area contributed by atoms with Crippen LogP contribution in [0.25, 0.3) is 0 Å². The number of hydrogen-bond donors (Lipinski definition) is 2. The molecule has 0 fully saturated rings. The van der Waals surface area contributed by atoms with E-state index >= 15 is 0 Å². The van der Waals surface area contributed by atoms with Gasteiger partial charge in [-0.3, -0.25) is 14.9 Å². The zero-order valence-corrected chi connectivity index (χ0v) is 14.8. The van der Waals surface area contributed by atoms with Crippen LogP contribution < -0.4 is 15.4 Å². The summed E-state index contributed by atoms with van der Waals surface area (Å²) in [7, 11) is 1.51. The number of amides is 1. The van der Waals surface area contributed by atoms with E-state index in [1.807, 2.05) is 6.92 Å². The average molecular weight is 364 g/mol. The molecule has 2 rings (SSSR count). The van der Waals surface area contributed by atoms with Crippen molar-refractivity contribution in [2.24, 2.45) is 0 Å². The average Bonchev–Trinajstić information content (AvgIpc) is 2.57. The van der Waals surface area contributed by atoms with Gasteiger partial charge in [-0.15, -0.1) is 0 Å². The highest BCUT2D eigenvalue weighted by Crippen LogP contribution is 2.30. The maximum Gasteiger partial charge on any atom is 0.271 e. The number of nitro groups is 1. The first-order valence-corrected chi connectivity index (χ1v) is 7.82. The van der Waals surface area contributed by atoms with Gasteiger partial charge in [0.25, 0.3) is 5.69 Å². The molecule has 0 aliphatic heterocycles. The quantitative estimate of drug-likeness (QED) is 0.599. The second kappa shape index (κ2) is 7.85. The molecule has 0 aliphatic rings. The lowest BCUT2D eigenvalue weighted by Gasteiger charge is -2.13. The van der Waals surface area contributed by atoms with Gasteiger partial charge in [0.05, 0.1) is 30.0 Å². The number of ether oxygens (including phenoxy) is 1. The summed E-state index contributed by atoms with van der Waals surface area (Å²) in [5.41, 5.74) is 2.54. The molecule has 0 atom stereocenters. The summed E-state index contributed by atoms with van der Waals surface area (Å²) in [5.74, 6) is 0.188. The van der Waals surface area contributed by atoms with Gasteiger partial charge in [-0.2, -0.15) is 0 Å². The van der Waals surface area contributed by atoms with Gasteiger partial charge in [0, 0.05) is 23.2 Å². The molecule has 0 aliphatic carbocycles. The van der Waals surface area contributed by atoms with E-state index in [1.165, 1.54) is 19.2 Å². The summed E-state index contributed by atoms with van der Waals surface area (Å²) >= 11 is 6.05. The van der Waals surface area contributed by atoms with Gasteiger partial charge in [0.1, 0.15) is 5.75 Å². The van der Waals surface area contributed by atoms with Crippen molar-refractivity contribution >= 4 is 34.6 Å². The van der Waals surface area contributed by atoms with Crippen LogP contribution in [0.3, 0.4) is 0 Å². The Morgan fingerprint density at radius 1 is 1.20 bits per heavy atom. The SMILES string of the molecule is COc1cc(Cl)c(C)cc1NCC(=O)Nc1cc([N+](=O)[O-])ccc1C. The van der Waals surface area contributed by atoms with E-state index in [0.29, 0.717) is 22.1 Å². The molecule has 0 radical (unpaired) electrons. The van der Waals surface area contributed by atoms with E-state index in [1.54, 1.807) is 25.1 Å². The summed E-state index contributed by atoms with van der Waals surface area (Å²) < 4.78 is 5.24. The van der Waals surface area contributed by atoms with Crippen LogP contribution in [0.4, 0.5) is 17.1 Å². The van der Waals surface area contributed by atoms with Crippen LogP contribution in [-0.4, -0.2) is 24.5 Å². The topological polar surface area (TPSA) is 93.5 Å². The molecular weight excluding hydrogens is 346 g/mol.